The Morgan fingerprint density at radius 3 is 2.61 bits per heavy atom. The van der Waals surface area contributed by atoms with Crippen molar-refractivity contribution in [2.75, 3.05) is 13.7 Å². The molecule has 0 radical (unpaired) electrons. The first kappa shape index (κ1) is 20.8. The monoisotopic (exact) mass is 433 g/mol. The van der Waals surface area contributed by atoms with Crippen LogP contribution in [0.5, 0.6) is 11.5 Å². The van der Waals surface area contributed by atoms with E-state index in [1.54, 1.807) is 13.2 Å². The highest BCUT2D eigenvalue weighted by Crippen LogP contribution is 2.21. The number of aromatic nitrogens is 3. The Bertz CT molecular complexity index is 1320. The van der Waals surface area contributed by atoms with Crippen LogP contribution < -0.4 is 19.6 Å². The van der Waals surface area contributed by atoms with Gasteiger partial charge in [-0.25, -0.2) is 0 Å². The Balaban J connectivity index is 1.56. The number of nitrogens with zero attached hydrogens (tertiary/aromatic N) is 3. The van der Waals surface area contributed by atoms with Crippen molar-refractivity contribution < 1.29 is 9.47 Å². The molecule has 0 amide bonds. The second-order valence-electron chi connectivity index (χ2n) is 7.40. The van der Waals surface area contributed by atoms with Crippen molar-refractivity contribution in [3.05, 3.63) is 75.1 Å². The number of methoxy groups -OCH3 is 1. The number of allylic oxidation sites excluding steroid dienone is 1. The normalized spacial score (nSPS) is 12.3. The highest BCUT2D eigenvalue weighted by molar-refractivity contribution is 7.15. The van der Waals surface area contributed by atoms with E-state index in [-0.39, 0.29) is 5.56 Å². The molecule has 158 valence electrons. The SMILES string of the molecule is COc1ccccc1C=CC=c1sc2nc(-c3ccc(OCC(C)C)cc3)nn2c1=O. The van der Waals surface area contributed by atoms with Gasteiger partial charge < -0.3 is 9.47 Å². The molecule has 0 fully saturated rings. The van der Waals surface area contributed by atoms with E-state index in [0.29, 0.717) is 27.8 Å². The Kier molecular flexibility index (Phi) is 6.13. The number of thiazole rings is 1. The minimum atomic E-state index is -0.180. The van der Waals surface area contributed by atoms with Gasteiger partial charge >= 0.3 is 0 Å². The average Bonchev–Trinajstić information content (AvgIpc) is 3.32. The first-order valence-electron chi connectivity index (χ1n) is 9.99. The molecule has 7 heteroatoms. The fourth-order valence-corrected chi connectivity index (χ4v) is 3.84. The molecule has 0 N–H and O–H groups in total. The predicted molar refractivity (Wildman–Crippen MR) is 125 cm³/mol. The average molecular weight is 434 g/mol. The van der Waals surface area contributed by atoms with Crippen LogP contribution in [-0.4, -0.2) is 28.3 Å². The van der Waals surface area contributed by atoms with Gasteiger partial charge in [-0.05, 0) is 42.3 Å². The highest BCUT2D eigenvalue weighted by Gasteiger charge is 2.12. The van der Waals surface area contributed by atoms with Crippen LogP contribution in [0.4, 0.5) is 0 Å². The maximum Gasteiger partial charge on any atom is 0.291 e. The Hall–Kier alpha value is -3.45. The van der Waals surface area contributed by atoms with E-state index in [2.05, 4.69) is 23.9 Å². The molecule has 0 atom stereocenters. The molecule has 0 saturated carbocycles. The van der Waals surface area contributed by atoms with E-state index >= 15 is 0 Å². The number of fused-ring (bicyclic) bond motifs is 1. The summed E-state index contributed by atoms with van der Waals surface area (Å²) in [4.78, 5) is 17.8. The summed E-state index contributed by atoms with van der Waals surface area (Å²) in [5.41, 5.74) is 1.60. The van der Waals surface area contributed by atoms with Crippen molar-refractivity contribution in [1.82, 2.24) is 14.6 Å². The molecular weight excluding hydrogens is 410 g/mol. The molecule has 0 spiro atoms. The Labute approximate surface area is 184 Å². The van der Waals surface area contributed by atoms with Crippen molar-refractivity contribution in [1.29, 1.82) is 0 Å². The van der Waals surface area contributed by atoms with Gasteiger partial charge in [-0.2, -0.15) is 9.50 Å². The van der Waals surface area contributed by atoms with Crippen LogP contribution >= 0.6 is 11.3 Å². The van der Waals surface area contributed by atoms with Crippen molar-refractivity contribution >= 4 is 28.4 Å². The van der Waals surface area contributed by atoms with Gasteiger partial charge in [0.1, 0.15) is 11.5 Å². The molecule has 0 aliphatic carbocycles. The summed E-state index contributed by atoms with van der Waals surface area (Å²) in [5, 5.41) is 4.40. The van der Waals surface area contributed by atoms with Crippen molar-refractivity contribution in [3.63, 3.8) is 0 Å². The van der Waals surface area contributed by atoms with Crippen molar-refractivity contribution in [2.24, 2.45) is 5.92 Å². The Morgan fingerprint density at radius 1 is 1.13 bits per heavy atom. The van der Waals surface area contributed by atoms with Crippen LogP contribution in [0.15, 0.2) is 59.4 Å². The fourth-order valence-electron chi connectivity index (χ4n) is 2.98. The molecule has 0 unspecified atom stereocenters. The second-order valence-corrected chi connectivity index (χ2v) is 8.41. The fraction of sp³-hybridized carbons (Fsp3) is 0.208. The third kappa shape index (κ3) is 4.67. The minimum Gasteiger partial charge on any atom is -0.496 e. The van der Waals surface area contributed by atoms with Gasteiger partial charge in [-0.15, -0.1) is 5.10 Å². The molecular formula is C24H23N3O3S. The van der Waals surface area contributed by atoms with E-state index in [0.717, 1.165) is 22.6 Å². The van der Waals surface area contributed by atoms with Gasteiger partial charge in [0, 0.05) is 11.1 Å². The van der Waals surface area contributed by atoms with Gasteiger partial charge in [0.25, 0.3) is 5.56 Å². The van der Waals surface area contributed by atoms with Crippen LogP contribution in [0.3, 0.4) is 0 Å². The molecule has 4 rings (SSSR count). The second kappa shape index (κ2) is 9.14. The zero-order chi connectivity index (χ0) is 21.8. The third-order valence-electron chi connectivity index (χ3n) is 4.54. The standard InChI is InChI=1S/C24H23N3O3S/c1-16(2)15-30-19-13-11-18(12-14-19)22-25-24-27(26-22)23(28)21(31-24)10-6-8-17-7-4-5-9-20(17)29-3/h4-14,16H,15H2,1-3H3. The number of para-hydroxylation sites is 1. The number of benzene rings is 2. The summed E-state index contributed by atoms with van der Waals surface area (Å²) in [6.07, 6.45) is 5.51. The molecule has 6 nitrogen and oxygen atoms in total. The highest BCUT2D eigenvalue weighted by atomic mass is 32.1. The van der Waals surface area contributed by atoms with Crippen molar-refractivity contribution in [2.45, 2.75) is 13.8 Å². The number of ether oxygens (including phenoxy) is 2. The summed E-state index contributed by atoms with van der Waals surface area (Å²) in [6, 6.07) is 15.3. The number of rotatable bonds is 7. The van der Waals surface area contributed by atoms with E-state index in [9.17, 15) is 4.79 Å². The van der Waals surface area contributed by atoms with Gasteiger partial charge in [0.15, 0.2) is 5.82 Å². The summed E-state index contributed by atoms with van der Waals surface area (Å²) in [5.74, 6) is 2.58. The quantitative estimate of drug-likeness (QED) is 0.440. The van der Waals surface area contributed by atoms with Crippen molar-refractivity contribution in [3.8, 4) is 22.9 Å². The lowest BCUT2D eigenvalue weighted by Crippen LogP contribution is -2.23. The molecule has 0 aliphatic rings. The molecule has 0 aliphatic heterocycles. The zero-order valence-corrected chi connectivity index (χ0v) is 18.4. The Morgan fingerprint density at radius 2 is 1.90 bits per heavy atom. The molecule has 2 aromatic carbocycles. The maximum absolute atomic E-state index is 12.7. The lowest BCUT2D eigenvalue weighted by molar-refractivity contribution is 0.271. The van der Waals surface area contributed by atoms with E-state index < -0.39 is 0 Å². The van der Waals surface area contributed by atoms with Gasteiger partial charge in [0.2, 0.25) is 4.96 Å². The summed E-state index contributed by atoms with van der Waals surface area (Å²) in [6.45, 7) is 4.88. The summed E-state index contributed by atoms with van der Waals surface area (Å²) < 4.78 is 13.0. The molecule has 4 aromatic rings. The molecule has 31 heavy (non-hydrogen) atoms. The first-order chi connectivity index (χ1) is 15.0. The third-order valence-corrected chi connectivity index (χ3v) is 5.52. The van der Waals surface area contributed by atoms with E-state index in [1.165, 1.54) is 15.9 Å². The number of hydrogen-bond acceptors (Lipinski definition) is 6. The molecule has 0 saturated heterocycles. The topological polar surface area (TPSA) is 65.7 Å². The summed E-state index contributed by atoms with van der Waals surface area (Å²) >= 11 is 1.31. The number of hydrogen-bond donors (Lipinski definition) is 0. The van der Waals surface area contributed by atoms with Gasteiger partial charge in [-0.3, -0.25) is 4.79 Å². The minimum absolute atomic E-state index is 0.180. The molecule has 0 bridgehead atoms. The first-order valence-corrected chi connectivity index (χ1v) is 10.8. The van der Waals surface area contributed by atoms with Crippen LogP contribution in [0.2, 0.25) is 0 Å². The van der Waals surface area contributed by atoms with Crippen LogP contribution in [0.25, 0.3) is 28.5 Å². The van der Waals surface area contributed by atoms with Crippen LogP contribution in [0.1, 0.15) is 19.4 Å². The summed E-state index contributed by atoms with van der Waals surface area (Å²) in [7, 11) is 1.63. The lowest BCUT2D eigenvalue weighted by Gasteiger charge is -2.08. The predicted octanol–water partition coefficient (Wildman–Crippen LogP) is 4.07. The van der Waals surface area contributed by atoms with Crippen LogP contribution in [-0.2, 0) is 0 Å². The molecule has 2 aromatic heterocycles. The molecule has 2 heterocycles. The smallest absolute Gasteiger partial charge is 0.291 e. The van der Waals surface area contributed by atoms with E-state index in [4.69, 9.17) is 9.47 Å². The van der Waals surface area contributed by atoms with E-state index in [1.807, 2.05) is 60.7 Å². The van der Waals surface area contributed by atoms with Gasteiger partial charge in [-0.1, -0.05) is 55.5 Å². The maximum atomic E-state index is 12.7. The van der Waals surface area contributed by atoms with Crippen LogP contribution in [0, 0.1) is 5.92 Å². The zero-order valence-electron chi connectivity index (χ0n) is 17.6. The van der Waals surface area contributed by atoms with Gasteiger partial charge in [0.05, 0.1) is 18.2 Å². The largest absolute Gasteiger partial charge is 0.496 e. The lowest BCUT2D eigenvalue weighted by atomic mass is 10.2.